The van der Waals surface area contributed by atoms with Crippen molar-refractivity contribution in [2.75, 3.05) is 19.6 Å². The van der Waals surface area contributed by atoms with E-state index in [0.717, 1.165) is 31.4 Å². The second-order valence-corrected chi connectivity index (χ2v) is 8.68. The molecule has 29 heavy (non-hydrogen) atoms. The second-order valence-electron chi connectivity index (χ2n) is 6.77. The predicted molar refractivity (Wildman–Crippen MR) is 126 cm³/mol. The molecule has 1 aliphatic rings. The van der Waals surface area contributed by atoms with Crippen LogP contribution in [0.25, 0.3) is 0 Å². The number of halogens is 1. The van der Waals surface area contributed by atoms with E-state index < -0.39 is 10.0 Å². The van der Waals surface area contributed by atoms with Crippen LogP contribution in [0, 0.1) is 0 Å². The number of rotatable bonds is 7. The standard InChI is InChI=1S/C20H27N5O2S.HI/c21-20(23-13-11-18-9-4-5-12-22-18)24-16-17-8-2-3-10-19(17)28(26,27)25-14-6-1-7-15-25;/h2-5,8-10,12H,1,6-7,11,13-16H2,(H3,21,23,24);1H. The minimum Gasteiger partial charge on any atom is -0.370 e. The van der Waals surface area contributed by atoms with Crippen molar-refractivity contribution < 1.29 is 8.42 Å². The van der Waals surface area contributed by atoms with E-state index in [-0.39, 0.29) is 30.5 Å². The van der Waals surface area contributed by atoms with Gasteiger partial charge >= 0.3 is 0 Å². The normalized spacial score (nSPS) is 15.5. The lowest BCUT2D eigenvalue weighted by molar-refractivity contribution is 0.346. The maximum absolute atomic E-state index is 13.0. The first-order chi connectivity index (χ1) is 13.6. The van der Waals surface area contributed by atoms with Crippen LogP contribution < -0.4 is 11.1 Å². The van der Waals surface area contributed by atoms with Crippen LogP contribution in [0.15, 0.2) is 58.5 Å². The molecular weight excluding hydrogens is 501 g/mol. The minimum atomic E-state index is -3.50. The fourth-order valence-electron chi connectivity index (χ4n) is 3.22. The zero-order valence-corrected chi connectivity index (χ0v) is 19.5. The Morgan fingerprint density at radius 3 is 2.55 bits per heavy atom. The lowest BCUT2D eigenvalue weighted by Crippen LogP contribution is -2.36. The number of pyridine rings is 1. The molecule has 7 nitrogen and oxygen atoms in total. The van der Waals surface area contributed by atoms with Crippen LogP contribution in [0.5, 0.6) is 0 Å². The summed E-state index contributed by atoms with van der Waals surface area (Å²) in [5, 5.41) is 3.05. The van der Waals surface area contributed by atoms with E-state index in [0.29, 0.717) is 36.1 Å². The third-order valence-electron chi connectivity index (χ3n) is 4.74. The number of piperidine rings is 1. The van der Waals surface area contributed by atoms with Crippen molar-refractivity contribution in [1.29, 1.82) is 0 Å². The summed E-state index contributed by atoms with van der Waals surface area (Å²) in [6.07, 6.45) is 5.39. The van der Waals surface area contributed by atoms with Gasteiger partial charge in [0.25, 0.3) is 0 Å². The van der Waals surface area contributed by atoms with Gasteiger partial charge in [-0.05, 0) is 36.6 Å². The van der Waals surface area contributed by atoms with Gasteiger partial charge in [-0.1, -0.05) is 30.7 Å². The van der Waals surface area contributed by atoms with Crippen LogP contribution in [0.4, 0.5) is 0 Å². The largest absolute Gasteiger partial charge is 0.370 e. The number of aromatic nitrogens is 1. The molecule has 1 aliphatic heterocycles. The fourth-order valence-corrected chi connectivity index (χ4v) is 4.95. The van der Waals surface area contributed by atoms with Crippen LogP contribution in [0.3, 0.4) is 0 Å². The van der Waals surface area contributed by atoms with Crippen LogP contribution >= 0.6 is 24.0 Å². The quantitative estimate of drug-likeness (QED) is 0.326. The van der Waals surface area contributed by atoms with Crippen LogP contribution in [-0.2, 0) is 23.0 Å². The Morgan fingerprint density at radius 2 is 1.83 bits per heavy atom. The molecule has 0 aliphatic carbocycles. The highest BCUT2D eigenvalue weighted by atomic mass is 127. The van der Waals surface area contributed by atoms with Crippen molar-refractivity contribution >= 4 is 40.0 Å². The average Bonchev–Trinajstić information content (AvgIpc) is 2.74. The number of guanidine groups is 1. The number of nitrogens with one attached hydrogen (secondary N) is 1. The summed E-state index contributed by atoms with van der Waals surface area (Å²) in [5.41, 5.74) is 7.57. The van der Waals surface area contributed by atoms with Gasteiger partial charge in [0.1, 0.15) is 0 Å². The smallest absolute Gasteiger partial charge is 0.243 e. The van der Waals surface area contributed by atoms with Crippen molar-refractivity contribution in [3.63, 3.8) is 0 Å². The first-order valence-electron chi connectivity index (χ1n) is 9.59. The Bertz CT molecular complexity index is 900. The predicted octanol–water partition coefficient (Wildman–Crippen LogP) is 2.52. The molecule has 0 amide bonds. The summed E-state index contributed by atoms with van der Waals surface area (Å²) in [4.78, 5) is 8.91. The fraction of sp³-hybridized carbons (Fsp3) is 0.400. The maximum Gasteiger partial charge on any atom is 0.243 e. The molecule has 0 bridgehead atoms. The third-order valence-corrected chi connectivity index (χ3v) is 6.74. The Labute approximate surface area is 189 Å². The Balaban J connectivity index is 0.00000300. The van der Waals surface area contributed by atoms with Gasteiger partial charge < -0.3 is 11.1 Å². The van der Waals surface area contributed by atoms with E-state index >= 15 is 0 Å². The summed E-state index contributed by atoms with van der Waals surface area (Å²) in [7, 11) is -3.50. The second kappa shape index (κ2) is 11.5. The molecule has 0 unspecified atom stereocenters. The third kappa shape index (κ3) is 6.65. The Kier molecular flexibility index (Phi) is 9.31. The molecule has 1 saturated heterocycles. The molecule has 3 N–H and O–H groups in total. The number of nitrogens with two attached hydrogens (primary N) is 1. The van der Waals surface area contributed by atoms with Crippen LogP contribution in [0.2, 0.25) is 0 Å². The van der Waals surface area contributed by atoms with Gasteiger partial charge in [0.2, 0.25) is 10.0 Å². The zero-order chi connectivity index (χ0) is 19.8. The highest BCUT2D eigenvalue weighted by Gasteiger charge is 2.27. The molecular formula is C20H28IN5O2S. The SMILES string of the molecule is I.NC(=NCc1ccccc1S(=O)(=O)N1CCCCC1)NCCc1ccccn1. The molecule has 0 spiro atoms. The van der Waals surface area contributed by atoms with Crippen molar-refractivity contribution in [3.05, 3.63) is 59.9 Å². The molecule has 2 heterocycles. The van der Waals surface area contributed by atoms with Crippen molar-refractivity contribution in [3.8, 4) is 0 Å². The summed E-state index contributed by atoms with van der Waals surface area (Å²) in [5.74, 6) is 0.293. The van der Waals surface area contributed by atoms with Crippen molar-refractivity contribution in [2.45, 2.75) is 37.1 Å². The van der Waals surface area contributed by atoms with E-state index in [1.165, 1.54) is 0 Å². The number of hydrogen-bond acceptors (Lipinski definition) is 4. The van der Waals surface area contributed by atoms with Gasteiger partial charge in [0, 0.05) is 37.9 Å². The van der Waals surface area contributed by atoms with E-state index in [9.17, 15) is 8.42 Å². The molecule has 9 heteroatoms. The number of benzene rings is 1. The van der Waals surface area contributed by atoms with Gasteiger partial charge in [-0.3, -0.25) is 4.98 Å². The van der Waals surface area contributed by atoms with E-state index in [4.69, 9.17) is 5.73 Å². The molecule has 2 aromatic rings. The van der Waals surface area contributed by atoms with E-state index in [1.54, 1.807) is 28.7 Å². The van der Waals surface area contributed by atoms with Gasteiger partial charge in [-0.15, -0.1) is 24.0 Å². The molecule has 0 saturated carbocycles. The lowest BCUT2D eigenvalue weighted by Gasteiger charge is -2.26. The van der Waals surface area contributed by atoms with Crippen LogP contribution in [-0.4, -0.2) is 43.3 Å². The topological polar surface area (TPSA) is 101 Å². The zero-order valence-electron chi connectivity index (χ0n) is 16.3. The summed E-state index contributed by atoms with van der Waals surface area (Å²) in [6, 6.07) is 12.8. The van der Waals surface area contributed by atoms with Crippen molar-refractivity contribution in [1.82, 2.24) is 14.6 Å². The minimum absolute atomic E-state index is 0. The summed E-state index contributed by atoms with van der Waals surface area (Å²) in [6.45, 7) is 1.99. The average molecular weight is 529 g/mol. The van der Waals surface area contributed by atoms with Crippen molar-refractivity contribution in [2.24, 2.45) is 10.7 Å². The molecule has 1 aromatic heterocycles. The summed E-state index contributed by atoms with van der Waals surface area (Å²) < 4.78 is 27.6. The molecule has 0 radical (unpaired) electrons. The maximum atomic E-state index is 13.0. The van der Waals surface area contributed by atoms with Gasteiger partial charge in [0.15, 0.2) is 5.96 Å². The first kappa shape index (κ1) is 23.6. The monoisotopic (exact) mass is 529 g/mol. The van der Waals surface area contributed by atoms with E-state index in [1.807, 2.05) is 24.3 Å². The molecule has 1 aromatic carbocycles. The molecule has 3 rings (SSSR count). The molecule has 158 valence electrons. The highest BCUT2D eigenvalue weighted by Crippen LogP contribution is 2.24. The number of nitrogens with zero attached hydrogens (tertiary/aromatic N) is 3. The van der Waals surface area contributed by atoms with Gasteiger partial charge in [0.05, 0.1) is 11.4 Å². The lowest BCUT2D eigenvalue weighted by atomic mass is 10.2. The summed E-state index contributed by atoms with van der Waals surface area (Å²) >= 11 is 0. The van der Waals surface area contributed by atoms with Gasteiger partial charge in [-0.25, -0.2) is 13.4 Å². The first-order valence-corrected chi connectivity index (χ1v) is 11.0. The van der Waals surface area contributed by atoms with Crippen LogP contribution in [0.1, 0.15) is 30.5 Å². The molecule has 0 atom stereocenters. The number of hydrogen-bond donors (Lipinski definition) is 2. The number of aliphatic imine (C=N–C) groups is 1. The molecule has 1 fully saturated rings. The number of sulfonamides is 1. The van der Waals surface area contributed by atoms with E-state index in [2.05, 4.69) is 15.3 Å². The highest BCUT2D eigenvalue weighted by molar-refractivity contribution is 14.0. The Morgan fingerprint density at radius 1 is 1.10 bits per heavy atom. The Hall–Kier alpha value is -1.72. The van der Waals surface area contributed by atoms with Gasteiger partial charge in [-0.2, -0.15) is 4.31 Å².